The van der Waals surface area contributed by atoms with E-state index in [-0.39, 0.29) is 17.2 Å². The van der Waals surface area contributed by atoms with Crippen LogP contribution in [0.3, 0.4) is 0 Å². The smallest absolute Gasteiger partial charge is 0.223 e. The lowest BCUT2D eigenvalue weighted by Gasteiger charge is -2.56. The highest BCUT2D eigenvalue weighted by Gasteiger charge is 2.54. The van der Waals surface area contributed by atoms with Gasteiger partial charge in [-0.3, -0.25) is 9.59 Å². The first-order valence-electron chi connectivity index (χ1n) is 8.46. The Balaban J connectivity index is 1.49. The summed E-state index contributed by atoms with van der Waals surface area (Å²) < 4.78 is 0. The molecule has 0 spiro atoms. The zero-order valence-electron chi connectivity index (χ0n) is 12.2. The van der Waals surface area contributed by atoms with E-state index >= 15 is 0 Å². The molecule has 4 aliphatic carbocycles. The number of carbonyl (C=O) groups excluding carboxylic acids is 2. The summed E-state index contributed by atoms with van der Waals surface area (Å²) in [4.78, 5) is 24.8. The number of nitrogens with one attached hydrogen (secondary N) is 1. The van der Waals surface area contributed by atoms with Crippen LogP contribution in [0.4, 0.5) is 0 Å². The summed E-state index contributed by atoms with van der Waals surface area (Å²) in [6, 6.07) is 0. The first-order chi connectivity index (χ1) is 9.64. The molecular weight excluding hydrogens is 250 g/mol. The van der Waals surface area contributed by atoms with E-state index in [0.717, 1.165) is 56.4 Å². The van der Waals surface area contributed by atoms with Gasteiger partial charge in [0.2, 0.25) is 5.91 Å². The van der Waals surface area contributed by atoms with Gasteiger partial charge in [0, 0.05) is 24.3 Å². The Labute approximate surface area is 120 Å². The largest absolute Gasteiger partial charge is 0.356 e. The lowest BCUT2D eigenvalue weighted by molar-refractivity contribution is -0.147. The maximum atomic E-state index is 12.9. The Morgan fingerprint density at radius 2 is 1.70 bits per heavy atom. The zero-order valence-corrected chi connectivity index (χ0v) is 12.2. The molecule has 1 atom stereocenters. The number of carbonyl (C=O) groups is 2. The monoisotopic (exact) mass is 275 g/mol. The molecule has 1 aliphatic heterocycles. The number of hydrogen-bond donors (Lipinski definition) is 1. The van der Waals surface area contributed by atoms with Crippen LogP contribution in [-0.4, -0.2) is 18.2 Å². The lowest BCUT2D eigenvalue weighted by atomic mass is 9.48. The van der Waals surface area contributed by atoms with Gasteiger partial charge in [0.1, 0.15) is 5.78 Å². The molecule has 4 bridgehead atoms. The number of piperidine rings is 1. The lowest BCUT2D eigenvalue weighted by Crippen LogP contribution is -2.51. The van der Waals surface area contributed by atoms with Gasteiger partial charge in [0.25, 0.3) is 0 Å². The van der Waals surface area contributed by atoms with Gasteiger partial charge in [0.05, 0.1) is 0 Å². The number of hydrogen-bond acceptors (Lipinski definition) is 2. The summed E-state index contributed by atoms with van der Waals surface area (Å²) in [6.07, 6.45) is 9.96. The molecule has 5 fully saturated rings. The molecule has 1 saturated heterocycles. The van der Waals surface area contributed by atoms with Gasteiger partial charge in [-0.15, -0.1) is 0 Å². The molecule has 1 unspecified atom stereocenters. The third kappa shape index (κ3) is 2.01. The second kappa shape index (κ2) is 4.57. The highest BCUT2D eigenvalue weighted by atomic mass is 16.2. The van der Waals surface area contributed by atoms with Crippen LogP contribution in [0.25, 0.3) is 0 Å². The average Bonchev–Trinajstić information content (AvgIpc) is 2.40. The van der Waals surface area contributed by atoms with Crippen molar-refractivity contribution in [2.45, 2.75) is 57.8 Å². The summed E-state index contributed by atoms with van der Waals surface area (Å²) in [5.74, 6) is 2.94. The predicted octanol–water partition coefficient (Wildman–Crippen LogP) is 2.69. The Hall–Kier alpha value is -0.860. The summed E-state index contributed by atoms with van der Waals surface area (Å²) >= 11 is 0. The average molecular weight is 275 g/mol. The highest BCUT2D eigenvalue weighted by Crippen LogP contribution is 2.60. The molecule has 4 saturated carbocycles. The maximum Gasteiger partial charge on any atom is 0.223 e. The summed E-state index contributed by atoms with van der Waals surface area (Å²) in [6.45, 7) is 0.793. The van der Waals surface area contributed by atoms with Crippen LogP contribution < -0.4 is 5.32 Å². The molecule has 0 aromatic carbocycles. The minimum absolute atomic E-state index is 0.0214. The molecule has 1 amide bonds. The predicted molar refractivity (Wildman–Crippen MR) is 76.0 cm³/mol. The maximum absolute atomic E-state index is 12.9. The SMILES string of the molecule is O=C1NCCCC1CC(=O)C12CC3CC(CC(C3)C1)C2. The molecule has 110 valence electrons. The zero-order chi connectivity index (χ0) is 13.7. The van der Waals surface area contributed by atoms with Crippen LogP contribution in [0.2, 0.25) is 0 Å². The number of Topliss-reactive ketones (excluding diaryl/α,β-unsaturated/α-hetero) is 1. The fourth-order valence-corrected chi connectivity index (χ4v) is 5.92. The molecule has 5 aliphatic rings. The highest BCUT2D eigenvalue weighted by molar-refractivity contribution is 5.90. The number of ketones is 1. The summed E-state index contributed by atoms with van der Waals surface area (Å²) in [5, 5.41) is 2.92. The van der Waals surface area contributed by atoms with Gasteiger partial charge < -0.3 is 5.32 Å². The Kier molecular flexibility index (Phi) is 2.94. The molecule has 3 nitrogen and oxygen atoms in total. The van der Waals surface area contributed by atoms with Crippen molar-refractivity contribution in [3.8, 4) is 0 Å². The summed E-state index contributed by atoms with van der Waals surface area (Å²) in [5.41, 5.74) is -0.0214. The molecule has 0 aromatic heterocycles. The van der Waals surface area contributed by atoms with Crippen molar-refractivity contribution in [2.24, 2.45) is 29.1 Å². The van der Waals surface area contributed by atoms with Crippen molar-refractivity contribution < 1.29 is 9.59 Å². The van der Waals surface area contributed by atoms with E-state index in [1.165, 1.54) is 19.3 Å². The first kappa shape index (κ1) is 12.8. The van der Waals surface area contributed by atoms with Crippen LogP contribution in [0.5, 0.6) is 0 Å². The van der Waals surface area contributed by atoms with Crippen LogP contribution in [0.1, 0.15) is 57.8 Å². The van der Waals surface area contributed by atoms with E-state index in [4.69, 9.17) is 0 Å². The van der Waals surface area contributed by atoms with Crippen LogP contribution >= 0.6 is 0 Å². The summed E-state index contributed by atoms with van der Waals surface area (Å²) in [7, 11) is 0. The van der Waals surface area contributed by atoms with Crippen LogP contribution in [0.15, 0.2) is 0 Å². The van der Waals surface area contributed by atoms with Gasteiger partial charge in [-0.05, 0) is 69.1 Å². The van der Waals surface area contributed by atoms with Crippen molar-refractivity contribution in [1.82, 2.24) is 5.32 Å². The Morgan fingerprint density at radius 1 is 1.10 bits per heavy atom. The van der Waals surface area contributed by atoms with Crippen molar-refractivity contribution in [1.29, 1.82) is 0 Å². The fourth-order valence-electron chi connectivity index (χ4n) is 5.92. The van der Waals surface area contributed by atoms with E-state index < -0.39 is 0 Å². The van der Waals surface area contributed by atoms with E-state index in [0.29, 0.717) is 12.2 Å². The normalized spacial score (nSPS) is 46.3. The molecular formula is C17H25NO2. The van der Waals surface area contributed by atoms with Crippen LogP contribution in [0, 0.1) is 29.1 Å². The van der Waals surface area contributed by atoms with Crippen molar-refractivity contribution in [3.05, 3.63) is 0 Å². The second-order valence-electron chi connectivity index (χ2n) is 7.96. The van der Waals surface area contributed by atoms with Gasteiger partial charge >= 0.3 is 0 Å². The molecule has 0 aromatic rings. The fraction of sp³-hybridized carbons (Fsp3) is 0.882. The quantitative estimate of drug-likeness (QED) is 0.860. The third-order valence-electron chi connectivity index (χ3n) is 6.46. The van der Waals surface area contributed by atoms with Crippen LogP contribution in [-0.2, 0) is 9.59 Å². The van der Waals surface area contributed by atoms with Gasteiger partial charge in [0.15, 0.2) is 0 Å². The molecule has 1 heterocycles. The third-order valence-corrected chi connectivity index (χ3v) is 6.46. The van der Waals surface area contributed by atoms with Crippen molar-refractivity contribution in [2.75, 3.05) is 6.54 Å². The van der Waals surface area contributed by atoms with E-state index in [9.17, 15) is 9.59 Å². The van der Waals surface area contributed by atoms with Crippen molar-refractivity contribution >= 4 is 11.7 Å². The number of amides is 1. The van der Waals surface area contributed by atoms with Crippen molar-refractivity contribution in [3.63, 3.8) is 0 Å². The molecule has 20 heavy (non-hydrogen) atoms. The van der Waals surface area contributed by atoms with Gasteiger partial charge in [-0.25, -0.2) is 0 Å². The molecule has 5 rings (SSSR count). The topological polar surface area (TPSA) is 46.2 Å². The standard InChI is InChI=1S/C17H25NO2/c19-15(7-14-2-1-3-18-16(14)20)17-8-11-4-12(9-17)6-13(5-11)10-17/h11-14H,1-10H2,(H,18,20). The number of rotatable bonds is 3. The first-order valence-corrected chi connectivity index (χ1v) is 8.46. The minimum atomic E-state index is -0.0377. The molecule has 0 radical (unpaired) electrons. The van der Waals surface area contributed by atoms with E-state index in [1.54, 1.807) is 0 Å². The molecule has 3 heteroatoms. The molecule has 1 N–H and O–H groups in total. The van der Waals surface area contributed by atoms with Gasteiger partial charge in [-0.2, -0.15) is 0 Å². The van der Waals surface area contributed by atoms with Gasteiger partial charge in [-0.1, -0.05) is 0 Å². The minimum Gasteiger partial charge on any atom is -0.356 e. The Morgan fingerprint density at radius 3 is 2.25 bits per heavy atom. The Bertz CT molecular complexity index is 407. The van der Waals surface area contributed by atoms with E-state index in [1.807, 2.05) is 0 Å². The second-order valence-corrected chi connectivity index (χ2v) is 7.96. The van der Waals surface area contributed by atoms with E-state index in [2.05, 4.69) is 5.32 Å².